The second kappa shape index (κ2) is 2.83. The van der Waals surface area contributed by atoms with Gasteiger partial charge in [0.15, 0.2) is 0 Å². The number of carbonyl (C=O) groups is 1. The van der Waals surface area contributed by atoms with Crippen molar-refractivity contribution in [1.82, 2.24) is 9.61 Å². The van der Waals surface area contributed by atoms with E-state index in [1.54, 1.807) is 10.7 Å². The quantitative estimate of drug-likeness (QED) is 0.743. The van der Waals surface area contributed by atoms with E-state index in [0.29, 0.717) is 5.56 Å². The standard InChI is InChI=1S/C6H2BrClN2OS/c7-4-2-10-6(12-4)3(1-9-10)5(8)11/h1-2H. The Labute approximate surface area is 85.1 Å². The lowest BCUT2D eigenvalue weighted by atomic mass is 10.4. The molecule has 0 aliphatic rings. The molecule has 0 saturated heterocycles. The first-order chi connectivity index (χ1) is 5.68. The number of aromatic nitrogens is 2. The summed E-state index contributed by atoms with van der Waals surface area (Å²) < 4.78 is 2.54. The molecule has 0 N–H and O–H groups in total. The summed E-state index contributed by atoms with van der Waals surface area (Å²) in [4.78, 5) is 11.6. The topological polar surface area (TPSA) is 34.4 Å². The third kappa shape index (κ3) is 1.18. The lowest BCUT2D eigenvalue weighted by Crippen LogP contribution is -1.83. The van der Waals surface area contributed by atoms with Crippen LogP contribution in [0.1, 0.15) is 10.4 Å². The molecule has 0 radical (unpaired) electrons. The monoisotopic (exact) mass is 264 g/mol. The molecule has 0 bridgehead atoms. The minimum Gasteiger partial charge on any atom is -0.275 e. The van der Waals surface area contributed by atoms with Crippen LogP contribution in [0.2, 0.25) is 0 Å². The Morgan fingerprint density at radius 2 is 2.50 bits per heavy atom. The van der Waals surface area contributed by atoms with E-state index in [1.807, 2.05) is 0 Å². The van der Waals surface area contributed by atoms with Crippen molar-refractivity contribution in [2.24, 2.45) is 0 Å². The predicted octanol–water partition coefficient (Wildman–Crippen LogP) is 2.54. The summed E-state index contributed by atoms with van der Waals surface area (Å²) in [7, 11) is 0. The summed E-state index contributed by atoms with van der Waals surface area (Å²) >= 11 is 10.0. The molecule has 0 unspecified atom stereocenters. The van der Waals surface area contributed by atoms with Crippen LogP contribution in [0.3, 0.4) is 0 Å². The second-order valence-electron chi connectivity index (χ2n) is 2.12. The van der Waals surface area contributed by atoms with Gasteiger partial charge >= 0.3 is 0 Å². The highest BCUT2D eigenvalue weighted by atomic mass is 79.9. The summed E-state index contributed by atoms with van der Waals surface area (Å²) in [5, 5.41) is 3.48. The molecule has 2 rings (SSSR count). The Kier molecular flexibility index (Phi) is 1.94. The molecule has 0 saturated carbocycles. The normalized spacial score (nSPS) is 10.8. The molecule has 3 nitrogen and oxygen atoms in total. The van der Waals surface area contributed by atoms with Crippen LogP contribution in [0.5, 0.6) is 0 Å². The van der Waals surface area contributed by atoms with Crippen molar-refractivity contribution in [2.75, 3.05) is 0 Å². The summed E-state index contributed by atoms with van der Waals surface area (Å²) in [5.74, 6) is 0. The first kappa shape index (κ1) is 8.22. The largest absolute Gasteiger partial charge is 0.275 e. The number of carbonyl (C=O) groups excluding carboxylic acids is 1. The lowest BCUT2D eigenvalue weighted by molar-refractivity contribution is 0.108. The van der Waals surface area contributed by atoms with Crippen molar-refractivity contribution in [2.45, 2.75) is 0 Å². The number of nitrogens with zero attached hydrogens (tertiary/aromatic N) is 2. The number of fused-ring (bicyclic) bond motifs is 1. The van der Waals surface area contributed by atoms with Gasteiger partial charge in [-0.3, -0.25) is 4.79 Å². The van der Waals surface area contributed by atoms with Gasteiger partial charge in [-0.1, -0.05) is 0 Å². The molecule has 62 valence electrons. The summed E-state index contributed by atoms with van der Waals surface area (Å²) in [6, 6.07) is 0. The molecule has 0 amide bonds. The van der Waals surface area contributed by atoms with Crippen LogP contribution >= 0.6 is 38.9 Å². The van der Waals surface area contributed by atoms with Crippen molar-refractivity contribution >= 4 is 48.9 Å². The average Bonchev–Trinajstić information content (AvgIpc) is 2.43. The van der Waals surface area contributed by atoms with Gasteiger partial charge < -0.3 is 0 Å². The maximum absolute atomic E-state index is 10.8. The van der Waals surface area contributed by atoms with Crippen LogP contribution in [0.25, 0.3) is 4.83 Å². The Balaban J connectivity index is 2.76. The van der Waals surface area contributed by atoms with Gasteiger partial charge in [-0.25, -0.2) is 4.52 Å². The maximum atomic E-state index is 10.8. The van der Waals surface area contributed by atoms with E-state index in [1.165, 1.54) is 17.5 Å². The molecular formula is C6H2BrClN2OS. The Hall–Kier alpha value is -0.390. The smallest absolute Gasteiger partial charge is 0.257 e. The summed E-state index contributed by atoms with van der Waals surface area (Å²) in [6.07, 6.45) is 3.25. The van der Waals surface area contributed by atoms with Gasteiger partial charge in [-0.2, -0.15) is 5.10 Å². The molecule has 0 aliphatic heterocycles. The van der Waals surface area contributed by atoms with Crippen LogP contribution in [-0.4, -0.2) is 14.9 Å². The zero-order valence-corrected chi connectivity index (χ0v) is 8.78. The van der Waals surface area contributed by atoms with E-state index < -0.39 is 5.24 Å². The van der Waals surface area contributed by atoms with Gasteiger partial charge in [0, 0.05) is 0 Å². The highest BCUT2D eigenvalue weighted by molar-refractivity contribution is 9.11. The lowest BCUT2D eigenvalue weighted by Gasteiger charge is -1.81. The maximum Gasteiger partial charge on any atom is 0.257 e. The summed E-state index contributed by atoms with van der Waals surface area (Å²) in [5.41, 5.74) is 0.451. The first-order valence-electron chi connectivity index (χ1n) is 3.01. The molecule has 12 heavy (non-hydrogen) atoms. The fourth-order valence-electron chi connectivity index (χ4n) is 0.894. The SMILES string of the molecule is O=C(Cl)c1cnn2cc(Br)sc12. The van der Waals surface area contributed by atoms with E-state index in [0.717, 1.165) is 8.62 Å². The van der Waals surface area contributed by atoms with Crippen molar-refractivity contribution in [1.29, 1.82) is 0 Å². The number of hydrogen-bond donors (Lipinski definition) is 0. The van der Waals surface area contributed by atoms with E-state index in [9.17, 15) is 4.79 Å². The first-order valence-corrected chi connectivity index (χ1v) is 5.00. The number of hydrogen-bond acceptors (Lipinski definition) is 3. The average molecular weight is 266 g/mol. The molecule has 2 heterocycles. The fourth-order valence-corrected chi connectivity index (χ4v) is 2.53. The number of thiazole rings is 1. The van der Waals surface area contributed by atoms with Gasteiger partial charge in [0.05, 0.1) is 21.7 Å². The van der Waals surface area contributed by atoms with E-state index >= 15 is 0 Å². The van der Waals surface area contributed by atoms with Crippen LogP contribution in [-0.2, 0) is 0 Å². The molecular weight excluding hydrogens is 264 g/mol. The molecule has 0 atom stereocenters. The van der Waals surface area contributed by atoms with Crippen molar-refractivity contribution in [3.8, 4) is 0 Å². The zero-order valence-electron chi connectivity index (χ0n) is 5.62. The second-order valence-corrected chi connectivity index (χ2v) is 4.87. The van der Waals surface area contributed by atoms with Crippen molar-refractivity contribution in [3.05, 3.63) is 21.7 Å². The Bertz CT molecular complexity index is 449. The van der Waals surface area contributed by atoms with Crippen molar-refractivity contribution < 1.29 is 4.79 Å². The molecule has 0 aromatic carbocycles. The van der Waals surface area contributed by atoms with E-state index in [4.69, 9.17) is 11.6 Å². The molecule has 2 aromatic heterocycles. The molecule has 6 heteroatoms. The molecule has 0 aliphatic carbocycles. The number of rotatable bonds is 1. The minimum absolute atomic E-state index is 0.451. The van der Waals surface area contributed by atoms with E-state index in [-0.39, 0.29) is 0 Å². The summed E-state index contributed by atoms with van der Waals surface area (Å²) in [6.45, 7) is 0. The van der Waals surface area contributed by atoms with Crippen LogP contribution in [0.4, 0.5) is 0 Å². The molecule has 2 aromatic rings. The third-order valence-corrected chi connectivity index (χ3v) is 3.17. The fraction of sp³-hybridized carbons (Fsp3) is 0. The van der Waals surface area contributed by atoms with Crippen LogP contribution in [0, 0.1) is 0 Å². The van der Waals surface area contributed by atoms with Gasteiger partial charge in [0.1, 0.15) is 4.83 Å². The number of halogens is 2. The van der Waals surface area contributed by atoms with Crippen LogP contribution < -0.4 is 0 Å². The van der Waals surface area contributed by atoms with Gasteiger partial charge in [-0.15, -0.1) is 11.3 Å². The molecule has 0 fully saturated rings. The third-order valence-electron chi connectivity index (χ3n) is 1.38. The zero-order chi connectivity index (χ0) is 8.72. The van der Waals surface area contributed by atoms with Crippen molar-refractivity contribution in [3.63, 3.8) is 0 Å². The van der Waals surface area contributed by atoms with Crippen LogP contribution in [0.15, 0.2) is 16.2 Å². The Morgan fingerprint density at radius 3 is 3.17 bits per heavy atom. The minimum atomic E-state index is -0.473. The van der Waals surface area contributed by atoms with Gasteiger partial charge in [-0.05, 0) is 27.5 Å². The molecule has 0 spiro atoms. The Morgan fingerprint density at radius 1 is 1.75 bits per heavy atom. The van der Waals surface area contributed by atoms with E-state index in [2.05, 4.69) is 21.0 Å². The highest BCUT2D eigenvalue weighted by Gasteiger charge is 2.12. The predicted molar refractivity (Wildman–Crippen MR) is 51.0 cm³/mol. The van der Waals surface area contributed by atoms with Gasteiger partial charge in [0.2, 0.25) is 0 Å². The van der Waals surface area contributed by atoms with Gasteiger partial charge in [0.25, 0.3) is 5.24 Å². The highest BCUT2D eigenvalue weighted by Crippen LogP contribution is 2.26.